The van der Waals surface area contributed by atoms with Crippen LogP contribution < -0.4 is 0 Å². The molecule has 0 heterocycles. The fourth-order valence-electron chi connectivity index (χ4n) is 1.63. The molecule has 1 amide bonds. The molecule has 1 aromatic rings. The molecule has 0 aromatic heterocycles. The van der Waals surface area contributed by atoms with Gasteiger partial charge in [0.2, 0.25) is 5.91 Å². The van der Waals surface area contributed by atoms with E-state index in [1.54, 1.807) is 18.7 Å². The Labute approximate surface area is 102 Å². The number of hydrogen-bond acceptors (Lipinski definition) is 2. The molecule has 0 radical (unpaired) electrons. The van der Waals surface area contributed by atoms with Crippen molar-refractivity contribution in [3.8, 4) is 0 Å². The maximum absolute atomic E-state index is 11.4. The maximum Gasteiger partial charge on any atom is 0.219 e. The average molecular weight is 233 g/mol. The lowest BCUT2D eigenvalue weighted by Crippen LogP contribution is -2.32. The van der Waals surface area contributed by atoms with Crippen molar-refractivity contribution in [2.75, 3.05) is 13.1 Å². The van der Waals surface area contributed by atoms with E-state index in [1.807, 2.05) is 30.3 Å². The lowest BCUT2D eigenvalue weighted by atomic mass is 10.1. The van der Waals surface area contributed by atoms with Crippen LogP contribution in [-0.2, 0) is 16.0 Å². The van der Waals surface area contributed by atoms with Crippen LogP contribution in [0.1, 0.15) is 25.8 Å². The van der Waals surface area contributed by atoms with Crippen LogP contribution in [0.15, 0.2) is 30.3 Å². The van der Waals surface area contributed by atoms with Crippen LogP contribution >= 0.6 is 0 Å². The summed E-state index contributed by atoms with van der Waals surface area (Å²) >= 11 is 0. The van der Waals surface area contributed by atoms with Crippen LogP contribution in [0.4, 0.5) is 0 Å². The van der Waals surface area contributed by atoms with Gasteiger partial charge in [-0.1, -0.05) is 30.3 Å². The molecule has 0 unspecified atom stereocenters. The molecule has 0 saturated heterocycles. The van der Waals surface area contributed by atoms with Crippen LogP contribution in [0.2, 0.25) is 0 Å². The van der Waals surface area contributed by atoms with E-state index in [0.29, 0.717) is 19.5 Å². The first kappa shape index (κ1) is 13.4. The van der Waals surface area contributed by atoms with E-state index in [2.05, 4.69) is 0 Å². The van der Waals surface area contributed by atoms with Crippen LogP contribution in [0.5, 0.6) is 0 Å². The summed E-state index contributed by atoms with van der Waals surface area (Å²) in [5.74, 6) is 0.151. The van der Waals surface area contributed by atoms with Crippen molar-refractivity contribution >= 4 is 11.7 Å². The van der Waals surface area contributed by atoms with Crippen LogP contribution in [0, 0.1) is 0 Å². The van der Waals surface area contributed by atoms with Crippen molar-refractivity contribution in [1.82, 2.24) is 4.90 Å². The predicted octanol–water partition coefficient (Wildman–Crippen LogP) is 2.06. The van der Waals surface area contributed by atoms with Crippen molar-refractivity contribution < 1.29 is 9.59 Å². The molecule has 3 nitrogen and oxygen atoms in total. The molecule has 0 atom stereocenters. The number of nitrogens with zero attached hydrogens (tertiary/aromatic N) is 1. The predicted molar refractivity (Wildman–Crippen MR) is 67.7 cm³/mol. The van der Waals surface area contributed by atoms with Gasteiger partial charge in [0.15, 0.2) is 0 Å². The summed E-state index contributed by atoms with van der Waals surface area (Å²) in [6.45, 7) is 4.30. The highest BCUT2D eigenvalue weighted by Gasteiger charge is 2.09. The molecule has 0 saturated carbocycles. The quantitative estimate of drug-likeness (QED) is 0.754. The van der Waals surface area contributed by atoms with E-state index in [9.17, 15) is 9.59 Å². The van der Waals surface area contributed by atoms with Gasteiger partial charge in [-0.2, -0.15) is 0 Å². The molecule has 3 heteroatoms. The average Bonchev–Trinajstić information content (AvgIpc) is 2.29. The molecule has 1 aromatic carbocycles. The Bertz CT molecular complexity index is 373. The van der Waals surface area contributed by atoms with Crippen LogP contribution in [0.3, 0.4) is 0 Å². The molecule has 0 aliphatic carbocycles. The molecule has 1 rings (SSSR count). The van der Waals surface area contributed by atoms with Gasteiger partial charge in [-0.15, -0.1) is 0 Å². The Morgan fingerprint density at radius 1 is 1.06 bits per heavy atom. The Morgan fingerprint density at radius 3 is 2.24 bits per heavy atom. The molecular formula is C14H19NO2. The Kier molecular flexibility index (Phi) is 5.40. The van der Waals surface area contributed by atoms with Crippen LogP contribution in [-0.4, -0.2) is 29.7 Å². The molecule has 92 valence electrons. The standard InChI is InChI=1S/C14H19NO2/c1-12(16)8-10-15(13(2)17)11-9-14-6-4-3-5-7-14/h3-7H,8-11H2,1-2H3. The number of Topliss-reactive ketones (excluding diaryl/α,β-unsaturated/α-hetero) is 1. The molecule has 0 spiro atoms. The lowest BCUT2D eigenvalue weighted by Gasteiger charge is -2.20. The SMILES string of the molecule is CC(=O)CCN(CCc1ccccc1)C(C)=O. The number of carbonyl (C=O) groups is 2. The second-order valence-electron chi connectivity index (χ2n) is 4.19. The molecule has 0 fully saturated rings. The maximum atomic E-state index is 11.4. The van der Waals surface area contributed by atoms with Crippen molar-refractivity contribution in [1.29, 1.82) is 0 Å². The van der Waals surface area contributed by atoms with E-state index in [0.717, 1.165) is 6.42 Å². The topological polar surface area (TPSA) is 37.4 Å². The normalized spacial score (nSPS) is 10.0. The zero-order valence-electron chi connectivity index (χ0n) is 10.5. The first-order chi connectivity index (χ1) is 8.09. The summed E-state index contributed by atoms with van der Waals surface area (Å²) in [4.78, 5) is 24.0. The summed E-state index contributed by atoms with van der Waals surface area (Å²) in [5.41, 5.74) is 1.21. The smallest absolute Gasteiger partial charge is 0.219 e. The van der Waals surface area contributed by atoms with Gasteiger partial charge in [0.1, 0.15) is 5.78 Å². The largest absolute Gasteiger partial charge is 0.342 e. The third-order valence-electron chi connectivity index (χ3n) is 2.69. The monoisotopic (exact) mass is 233 g/mol. The first-order valence-corrected chi connectivity index (χ1v) is 5.88. The van der Waals surface area contributed by atoms with Crippen LogP contribution in [0.25, 0.3) is 0 Å². The van der Waals surface area contributed by atoms with Gasteiger partial charge < -0.3 is 4.90 Å². The van der Waals surface area contributed by atoms with E-state index < -0.39 is 0 Å². The van der Waals surface area contributed by atoms with Crippen molar-refractivity contribution in [3.05, 3.63) is 35.9 Å². The first-order valence-electron chi connectivity index (χ1n) is 5.88. The highest BCUT2D eigenvalue weighted by atomic mass is 16.2. The summed E-state index contributed by atoms with van der Waals surface area (Å²) in [6, 6.07) is 10.0. The minimum atomic E-state index is 0.0298. The zero-order chi connectivity index (χ0) is 12.7. The van der Waals surface area contributed by atoms with Gasteiger partial charge in [-0.3, -0.25) is 9.59 Å². The Hall–Kier alpha value is -1.64. The molecule has 0 aliphatic heterocycles. The van der Waals surface area contributed by atoms with Gasteiger partial charge >= 0.3 is 0 Å². The highest BCUT2D eigenvalue weighted by Crippen LogP contribution is 2.02. The second kappa shape index (κ2) is 6.84. The molecule has 17 heavy (non-hydrogen) atoms. The molecule has 0 aliphatic rings. The van der Waals surface area contributed by atoms with Crippen molar-refractivity contribution in [2.24, 2.45) is 0 Å². The molecule has 0 N–H and O–H groups in total. The fourth-order valence-corrected chi connectivity index (χ4v) is 1.63. The fraction of sp³-hybridized carbons (Fsp3) is 0.429. The number of benzene rings is 1. The summed E-state index contributed by atoms with van der Waals surface area (Å²) < 4.78 is 0. The van der Waals surface area contributed by atoms with Gasteiger partial charge in [0.25, 0.3) is 0 Å². The van der Waals surface area contributed by atoms with Crippen molar-refractivity contribution in [2.45, 2.75) is 26.7 Å². The summed E-state index contributed by atoms with van der Waals surface area (Å²) in [5, 5.41) is 0. The Morgan fingerprint density at radius 2 is 1.71 bits per heavy atom. The van der Waals surface area contributed by atoms with E-state index >= 15 is 0 Å². The van der Waals surface area contributed by atoms with E-state index in [-0.39, 0.29) is 11.7 Å². The van der Waals surface area contributed by atoms with Gasteiger partial charge in [0, 0.05) is 26.4 Å². The third-order valence-corrected chi connectivity index (χ3v) is 2.69. The van der Waals surface area contributed by atoms with E-state index in [4.69, 9.17) is 0 Å². The van der Waals surface area contributed by atoms with Gasteiger partial charge in [-0.25, -0.2) is 0 Å². The number of ketones is 1. The zero-order valence-corrected chi connectivity index (χ0v) is 10.5. The Balaban J connectivity index is 2.45. The van der Waals surface area contributed by atoms with Gasteiger partial charge in [0.05, 0.1) is 0 Å². The number of hydrogen-bond donors (Lipinski definition) is 0. The lowest BCUT2D eigenvalue weighted by molar-refractivity contribution is -0.129. The number of amides is 1. The van der Waals surface area contributed by atoms with Gasteiger partial charge in [-0.05, 0) is 18.9 Å². The summed E-state index contributed by atoms with van der Waals surface area (Å²) in [7, 11) is 0. The molecular weight excluding hydrogens is 214 g/mol. The minimum Gasteiger partial charge on any atom is -0.342 e. The second-order valence-corrected chi connectivity index (χ2v) is 4.19. The number of carbonyl (C=O) groups excluding carboxylic acids is 2. The third kappa shape index (κ3) is 5.29. The summed E-state index contributed by atoms with van der Waals surface area (Å²) in [6.07, 6.45) is 1.27. The molecule has 0 bridgehead atoms. The highest BCUT2D eigenvalue weighted by molar-refractivity contribution is 5.77. The van der Waals surface area contributed by atoms with Crippen molar-refractivity contribution in [3.63, 3.8) is 0 Å². The minimum absolute atomic E-state index is 0.0298. The number of rotatable bonds is 6. The van der Waals surface area contributed by atoms with E-state index in [1.165, 1.54) is 5.56 Å².